The molecule has 1 N–H and O–H groups in total. The highest BCUT2D eigenvalue weighted by atomic mass is 35.5. The number of carbonyl (C=O) groups excluding carboxylic acids is 1. The van der Waals surface area contributed by atoms with Crippen LogP contribution < -0.4 is 5.32 Å². The molecule has 6 heteroatoms. The smallest absolute Gasteiger partial charge is 0.267 e. The first-order chi connectivity index (χ1) is 7.68. The summed E-state index contributed by atoms with van der Waals surface area (Å²) in [5.41, 5.74) is 2.08. The summed E-state index contributed by atoms with van der Waals surface area (Å²) < 4.78 is 0. The number of hydrogen-bond acceptors (Lipinski definition) is 3. The van der Waals surface area contributed by atoms with Gasteiger partial charge in [-0.05, 0) is 12.1 Å². The second kappa shape index (κ2) is 4.82. The molecule has 1 heterocycles. The van der Waals surface area contributed by atoms with Gasteiger partial charge in [0, 0.05) is 0 Å². The fraction of sp³-hybridized carbons (Fsp3) is 0. The zero-order valence-electron chi connectivity index (χ0n) is 7.91. The summed E-state index contributed by atoms with van der Waals surface area (Å²) in [7, 11) is 0. The van der Waals surface area contributed by atoms with Crippen molar-refractivity contribution in [2.24, 2.45) is 0 Å². The first kappa shape index (κ1) is 11.4. The van der Waals surface area contributed by atoms with E-state index in [4.69, 9.17) is 23.2 Å². The average molecular weight is 273 g/mol. The van der Waals surface area contributed by atoms with Gasteiger partial charge in [-0.3, -0.25) is 9.78 Å². The molecule has 0 unspecified atom stereocenters. The molecule has 2 aromatic rings. The molecule has 0 aliphatic carbocycles. The van der Waals surface area contributed by atoms with E-state index in [1.165, 1.54) is 17.5 Å². The maximum Gasteiger partial charge on any atom is 0.267 e. The highest BCUT2D eigenvalue weighted by molar-refractivity contribution is 7.11. The molecule has 0 radical (unpaired) electrons. The van der Waals surface area contributed by atoms with Gasteiger partial charge in [0.05, 0.1) is 27.4 Å². The molecule has 82 valence electrons. The summed E-state index contributed by atoms with van der Waals surface area (Å²) in [4.78, 5) is 16.0. The van der Waals surface area contributed by atoms with Crippen molar-refractivity contribution >= 4 is 46.1 Å². The number of rotatable bonds is 2. The molecular formula is C10H6Cl2N2OS. The largest absolute Gasteiger partial charge is 0.320 e. The van der Waals surface area contributed by atoms with Crippen LogP contribution in [0.25, 0.3) is 0 Å². The van der Waals surface area contributed by atoms with Crippen LogP contribution in [0, 0.1) is 0 Å². The molecule has 0 saturated carbocycles. The van der Waals surface area contributed by atoms with Crippen molar-refractivity contribution < 1.29 is 4.79 Å². The summed E-state index contributed by atoms with van der Waals surface area (Å²) in [5.74, 6) is -0.244. The molecule has 16 heavy (non-hydrogen) atoms. The first-order valence-corrected chi connectivity index (χ1v) is 5.96. The van der Waals surface area contributed by atoms with E-state index < -0.39 is 0 Å². The van der Waals surface area contributed by atoms with Gasteiger partial charge >= 0.3 is 0 Å². The SMILES string of the molecule is O=C(Nc1cccc(Cl)c1Cl)c1cncs1. The number of anilines is 1. The van der Waals surface area contributed by atoms with Crippen molar-refractivity contribution in [2.45, 2.75) is 0 Å². The molecular weight excluding hydrogens is 267 g/mol. The van der Waals surface area contributed by atoms with Crippen molar-refractivity contribution in [3.8, 4) is 0 Å². The molecule has 0 bridgehead atoms. The third-order valence-electron chi connectivity index (χ3n) is 1.86. The van der Waals surface area contributed by atoms with E-state index in [9.17, 15) is 4.79 Å². The Labute approximate surface area is 106 Å². The van der Waals surface area contributed by atoms with Crippen LogP contribution >= 0.6 is 34.5 Å². The Kier molecular flexibility index (Phi) is 3.43. The normalized spacial score (nSPS) is 10.1. The number of nitrogens with one attached hydrogen (secondary N) is 1. The Morgan fingerprint density at radius 2 is 2.19 bits per heavy atom. The van der Waals surface area contributed by atoms with Crippen molar-refractivity contribution in [2.75, 3.05) is 5.32 Å². The lowest BCUT2D eigenvalue weighted by Crippen LogP contribution is -2.10. The van der Waals surface area contributed by atoms with Crippen molar-refractivity contribution in [1.29, 1.82) is 0 Å². The molecule has 3 nitrogen and oxygen atoms in total. The minimum Gasteiger partial charge on any atom is -0.320 e. The van der Waals surface area contributed by atoms with Crippen molar-refractivity contribution in [3.05, 3.63) is 44.8 Å². The van der Waals surface area contributed by atoms with Crippen LogP contribution in [0.5, 0.6) is 0 Å². The van der Waals surface area contributed by atoms with Gasteiger partial charge in [0.2, 0.25) is 0 Å². The Hall–Kier alpha value is -1.10. The van der Waals surface area contributed by atoms with Gasteiger partial charge in [-0.2, -0.15) is 0 Å². The van der Waals surface area contributed by atoms with Gasteiger partial charge in [-0.1, -0.05) is 29.3 Å². The topological polar surface area (TPSA) is 42.0 Å². The number of amides is 1. The van der Waals surface area contributed by atoms with Crippen LogP contribution in [0.3, 0.4) is 0 Å². The molecule has 0 saturated heterocycles. The third kappa shape index (κ3) is 2.35. The minimum atomic E-state index is -0.244. The van der Waals surface area contributed by atoms with Gasteiger partial charge < -0.3 is 5.32 Å². The minimum absolute atomic E-state index is 0.244. The Morgan fingerprint density at radius 1 is 1.38 bits per heavy atom. The van der Waals surface area contributed by atoms with Gasteiger partial charge in [-0.25, -0.2) is 0 Å². The molecule has 2 rings (SSSR count). The summed E-state index contributed by atoms with van der Waals surface area (Å²) >= 11 is 13.0. The lowest BCUT2D eigenvalue weighted by Gasteiger charge is -2.06. The van der Waals surface area contributed by atoms with Crippen LogP contribution in [0.4, 0.5) is 5.69 Å². The van der Waals surface area contributed by atoms with Crippen LogP contribution in [0.15, 0.2) is 29.9 Å². The van der Waals surface area contributed by atoms with Crippen molar-refractivity contribution in [3.63, 3.8) is 0 Å². The van der Waals surface area contributed by atoms with E-state index >= 15 is 0 Å². The molecule has 0 aliphatic heterocycles. The predicted molar refractivity (Wildman–Crippen MR) is 66.5 cm³/mol. The summed E-state index contributed by atoms with van der Waals surface area (Å²) in [6.45, 7) is 0. The number of thiazole rings is 1. The third-order valence-corrected chi connectivity index (χ3v) is 3.45. The van der Waals surface area contributed by atoms with Crippen LogP contribution in [0.1, 0.15) is 9.67 Å². The number of hydrogen-bond donors (Lipinski definition) is 1. The highest BCUT2D eigenvalue weighted by Gasteiger charge is 2.10. The number of benzene rings is 1. The summed E-state index contributed by atoms with van der Waals surface area (Å²) in [6, 6.07) is 5.07. The number of nitrogens with zero attached hydrogens (tertiary/aromatic N) is 1. The molecule has 0 spiro atoms. The monoisotopic (exact) mass is 272 g/mol. The summed E-state index contributed by atoms with van der Waals surface area (Å²) in [5, 5.41) is 3.41. The maximum absolute atomic E-state index is 11.7. The molecule has 1 amide bonds. The molecule has 0 fully saturated rings. The van der Waals surface area contributed by atoms with Gasteiger partial charge in [0.1, 0.15) is 4.88 Å². The second-order valence-electron chi connectivity index (χ2n) is 2.92. The van der Waals surface area contributed by atoms with E-state index in [1.54, 1.807) is 23.7 Å². The highest BCUT2D eigenvalue weighted by Crippen LogP contribution is 2.29. The van der Waals surface area contributed by atoms with Crippen molar-refractivity contribution in [1.82, 2.24) is 4.98 Å². The van der Waals surface area contributed by atoms with Gasteiger partial charge in [0.15, 0.2) is 0 Å². The Bertz CT molecular complexity index is 514. The fourth-order valence-electron chi connectivity index (χ4n) is 1.11. The van der Waals surface area contributed by atoms with E-state index in [0.29, 0.717) is 20.6 Å². The molecule has 0 aliphatic rings. The fourth-order valence-corrected chi connectivity index (χ4v) is 1.97. The van der Waals surface area contributed by atoms with E-state index in [2.05, 4.69) is 10.3 Å². The van der Waals surface area contributed by atoms with Crippen LogP contribution in [0.2, 0.25) is 10.0 Å². The standard InChI is InChI=1S/C10H6Cl2N2OS/c11-6-2-1-3-7(9(6)12)14-10(15)8-4-13-5-16-8/h1-5H,(H,14,15). The van der Waals surface area contributed by atoms with E-state index in [0.717, 1.165) is 0 Å². The van der Waals surface area contributed by atoms with Gasteiger partial charge in [-0.15, -0.1) is 11.3 Å². The number of carbonyl (C=O) groups is 1. The quantitative estimate of drug-likeness (QED) is 0.906. The Morgan fingerprint density at radius 3 is 2.88 bits per heavy atom. The first-order valence-electron chi connectivity index (χ1n) is 4.32. The van der Waals surface area contributed by atoms with Crippen LogP contribution in [-0.2, 0) is 0 Å². The zero-order chi connectivity index (χ0) is 11.5. The molecule has 1 aromatic carbocycles. The molecule has 1 aromatic heterocycles. The maximum atomic E-state index is 11.7. The predicted octanol–water partition coefficient (Wildman–Crippen LogP) is 3.70. The van der Waals surface area contributed by atoms with Crippen LogP contribution in [-0.4, -0.2) is 10.9 Å². The Balaban J connectivity index is 2.22. The summed E-state index contributed by atoms with van der Waals surface area (Å²) in [6.07, 6.45) is 1.50. The number of aromatic nitrogens is 1. The zero-order valence-corrected chi connectivity index (χ0v) is 10.2. The average Bonchev–Trinajstić information content (AvgIpc) is 2.78. The number of halogens is 2. The van der Waals surface area contributed by atoms with E-state index in [-0.39, 0.29) is 5.91 Å². The van der Waals surface area contributed by atoms with E-state index in [1.807, 2.05) is 0 Å². The lowest BCUT2D eigenvalue weighted by molar-refractivity contribution is 0.103. The second-order valence-corrected chi connectivity index (χ2v) is 4.59. The molecule has 0 atom stereocenters. The lowest BCUT2D eigenvalue weighted by atomic mass is 10.3. The van der Waals surface area contributed by atoms with Gasteiger partial charge in [0.25, 0.3) is 5.91 Å².